The third-order valence-electron chi connectivity index (χ3n) is 4.97. The van der Waals surface area contributed by atoms with Crippen molar-refractivity contribution in [2.24, 2.45) is 0 Å². The van der Waals surface area contributed by atoms with Gasteiger partial charge in [0.25, 0.3) is 0 Å². The van der Waals surface area contributed by atoms with Gasteiger partial charge in [-0.25, -0.2) is 9.77 Å². The Bertz CT molecular complexity index is 1220. The summed E-state index contributed by atoms with van der Waals surface area (Å²) in [5, 5.41) is 7.21. The number of H-pyrrole nitrogens is 1. The third-order valence-corrected chi connectivity index (χ3v) is 5.24. The average molecular weight is 447 g/mol. The first-order chi connectivity index (χ1) is 15.6. The van der Waals surface area contributed by atoms with Crippen molar-refractivity contribution in [2.75, 3.05) is 12.0 Å². The summed E-state index contributed by atoms with van der Waals surface area (Å²) in [6.45, 7) is 5.63. The zero-order chi connectivity index (χ0) is 22.3. The van der Waals surface area contributed by atoms with Gasteiger partial charge in [0.05, 0.1) is 13.2 Å². The summed E-state index contributed by atoms with van der Waals surface area (Å²) in [6, 6.07) is 24.2. The van der Waals surface area contributed by atoms with Crippen molar-refractivity contribution in [3.05, 3.63) is 94.3 Å². The van der Waals surface area contributed by atoms with E-state index in [2.05, 4.69) is 46.8 Å². The largest absolute Gasteiger partial charge is 0.490 e. The summed E-state index contributed by atoms with van der Waals surface area (Å²) in [7, 11) is 0. The lowest BCUT2D eigenvalue weighted by atomic mass is 10.1. The Morgan fingerprint density at radius 3 is 2.44 bits per heavy atom. The van der Waals surface area contributed by atoms with Gasteiger partial charge in [-0.15, -0.1) is 0 Å². The lowest BCUT2D eigenvalue weighted by Crippen LogP contribution is -2.16. The molecule has 4 rings (SSSR count). The molecule has 0 saturated heterocycles. The van der Waals surface area contributed by atoms with E-state index in [1.54, 1.807) is 4.68 Å². The van der Waals surface area contributed by atoms with Gasteiger partial charge in [-0.1, -0.05) is 66.2 Å². The fraction of sp³-hybridized carbons (Fsp3) is 0.200. The van der Waals surface area contributed by atoms with Gasteiger partial charge in [-0.05, 0) is 49.3 Å². The zero-order valence-electron chi connectivity index (χ0n) is 18.2. The Morgan fingerprint density at radius 1 is 0.938 bits per heavy atom. The van der Waals surface area contributed by atoms with Gasteiger partial charge in [0, 0.05) is 5.56 Å². The Labute approximate surface area is 192 Å². The second kappa shape index (κ2) is 10.2. The second-order valence-electron chi connectivity index (χ2n) is 7.38. The number of aryl methyl sites for hydroxylation is 1. The summed E-state index contributed by atoms with van der Waals surface area (Å²) in [4.78, 5) is 0. The van der Waals surface area contributed by atoms with E-state index in [0.717, 1.165) is 34.0 Å². The van der Waals surface area contributed by atoms with Crippen LogP contribution in [0.15, 0.2) is 72.8 Å². The van der Waals surface area contributed by atoms with Gasteiger partial charge in [0.15, 0.2) is 17.3 Å². The fourth-order valence-electron chi connectivity index (χ4n) is 3.29. The summed E-state index contributed by atoms with van der Waals surface area (Å²) in [6.07, 6.45) is 0. The molecule has 3 aromatic carbocycles. The SMILES string of the molecule is CCOc1cc(CNn2c(-c3ccccc3)n[nH]c2=S)ccc1OCc1ccc(C)cc1. The molecule has 0 saturated carbocycles. The Kier molecular flexibility index (Phi) is 6.87. The van der Waals surface area contributed by atoms with Crippen LogP contribution in [0.5, 0.6) is 11.5 Å². The summed E-state index contributed by atoms with van der Waals surface area (Å²) >= 11 is 5.40. The normalized spacial score (nSPS) is 10.7. The molecule has 2 N–H and O–H groups in total. The first-order valence-electron chi connectivity index (χ1n) is 10.5. The number of rotatable bonds is 9. The average Bonchev–Trinajstić information content (AvgIpc) is 3.19. The van der Waals surface area contributed by atoms with E-state index in [9.17, 15) is 0 Å². The van der Waals surface area contributed by atoms with Crippen LogP contribution in [0, 0.1) is 11.7 Å². The smallest absolute Gasteiger partial charge is 0.214 e. The van der Waals surface area contributed by atoms with E-state index in [-0.39, 0.29) is 0 Å². The maximum atomic E-state index is 6.03. The molecule has 164 valence electrons. The minimum absolute atomic E-state index is 0.489. The highest BCUT2D eigenvalue weighted by molar-refractivity contribution is 7.71. The standard InChI is InChI=1S/C25H26N4O2S/c1-3-30-23-15-20(13-14-22(23)31-17-19-11-9-18(2)10-12-19)16-26-29-24(27-28-25(29)32)21-7-5-4-6-8-21/h4-15,26H,3,16-17H2,1-2H3,(H,28,32). The first-order valence-corrected chi connectivity index (χ1v) is 11.0. The highest BCUT2D eigenvalue weighted by Gasteiger charge is 2.10. The van der Waals surface area contributed by atoms with E-state index in [1.807, 2.05) is 55.5 Å². The predicted octanol–water partition coefficient (Wildman–Crippen LogP) is 5.64. The molecule has 0 aliphatic carbocycles. The molecule has 0 radical (unpaired) electrons. The molecule has 1 aromatic heterocycles. The minimum Gasteiger partial charge on any atom is -0.490 e. The lowest BCUT2D eigenvalue weighted by Gasteiger charge is -2.15. The van der Waals surface area contributed by atoms with Crippen LogP contribution in [0.25, 0.3) is 11.4 Å². The van der Waals surface area contributed by atoms with E-state index >= 15 is 0 Å². The van der Waals surface area contributed by atoms with E-state index in [1.165, 1.54) is 5.56 Å². The molecule has 4 aromatic rings. The van der Waals surface area contributed by atoms with Crippen molar-refractivity contribution in [1.82, 2.24) is 14.9 Å². The van der Waals surface area contributed by atoms with Crippen LogP contribution in [-0.4, -0.2) is 21.5 Å². The molecule has 1 heterocycles. The maximum Gasteiger partial charge on any atom is 0.214 e. The molecule has 0 aliphatic rings. The Balaban J connectivity index is 1.48. The summed E-state index contributed by atoms with van der Waals surface area (Å²) in [5.74, 6) is 2.18. The van der Waals surface area contributed by atoms with Gasteiger partial charge >= 0.3 is 0 Å². The number of aromatic nitrogens is 3. The Hall–Kier alpha value is -3.58. The van der Waals surface area contributed by atoms with Gasteiger partial charge in [-0.2, -0.15) is 5.10 Å². The van der Waals surface area contributed by atoms with Crippen molar-refractivity contribution < 1.29 is 9.47 Å². The molecule has 6 nitrogen and oxygen atoms in total. The van der Waals surface area contributed by atoms with Gasteiger partial charge < -0.3 is 14.9 Å². The van der Waals surface area contributed by atoms with Crippen LogP contribution in [0.3, 0.4) is 0 Å². The molecule has 0 atom stereocenters. The quantitative estimate of drug-likeness (QED) is 0.326. The molecule has 0 bridgehead atoms. The van der Waals surface area contributed by atoms with Crippen LogP contribution >= 0.6 is 12.2 Å². The van der Waals surface area contributed by atoms with Crippen molar-refractivity contribution in [3.63, 3.8) is 0 Å². The van der Waals surface area contributed by atoms with Crippen molar-refractivity contribution in [3.8, 4) is 22.9 Å². The molecule has 0 unspecified atom stereocenters. The lowest BCUT2D eigenvalue weighted by molar-refractivity contribution is 0.269. The molecular formula is C25H26N4O2S. The monoisotopic (exact) mass is 446 g/mol. The zero-order valence-corrected chi connectivity index (χ0v) is 19.0. The molecular weight excluding hydrogens is 420 g/mol. The van der Waals surface area contributed by atoms with Crippen LogP contribution in [0.2, 0.25) is 0 Å². The fourth-order valence-corrected chi connectivity index (χ4v) is 3.49. The number of hydrogen-bond acceptors (Lipinski definition) is 5. The number of nitrogens with one attached hydrogen (secondary N) is 2. The molecule has 0 fully saturated rings. The van der Waals surface area contributed by atoms with E-state index in [0.29, 0.717) is 24.5 Å². The Morgan fingerprint density at radius 2 is 1.69 bits per heavy atom. The number of benzene rings is 3. The van der Waals surface area contributed by atoms with Crippen molar-refractivity contribution >= 4 is 12.2 Å². The topological polar surface area (TPSA) is 64.1 Å². The summed E-state index contributed by atoms with van der Waals surface area (Å²) in [5.41, 5.74) is 7.71. The highest BCUT2D eigenvalue weighted by atomic mass is 32.1. The molecule has 0 amide bonds. The number of aromatic amines is 1. The van der Waals surface area contributed by atoms with Crippen molar-refractivity contribution in [1.29, 1.82) is 0 Å². The van der Waals surface area contributed by atoms with E-state index in [4.69, 9.17) is 21.7 Å². The maximum absolute atomic E-state index is 6.03. The molecule has 0 spiro atoms. The highest BCUT2D eigenvalue weighted by Crippen LogP contribution is 2.29. The second-order valence-corrected chi connectivity index (χ2v) is 7.76. The van der Waals surface area contributed by atoms with Crippen LogP contribution in [0.4, 0.5) is 0 Å². The third kappa shape index (κ3) is 5.18. The van der Waals surface area contributed by atoms with E-state index < -0.39 is 0 Å². The first kappa shape index (κ1) is 21.6. The predicted molar refractivity (Wildman–Crippen MR) is 129 cm³/mol. The molecule has 32 heavy (non-hydrogen) atoms. The van der Waals surface area contributed by atoms with Gasteiger partial charge in [0.1, 0.15) is 6.61 Å². The number of ether oxygens (including phenoxy) is 2. The minimum atomic E-state index is 0.489. The van der Waals surface area contributed by atoms with Crippen molar-refractivity contribution in [2.45, 2.75) is 27.0 Å². The van der Waals surface area contributed by atoms with Gasteiger partial charge in [-0.3, -0.25) is 0 Å². The van der Waals surface area contributed by atoms with Gasteiger partial charge in [0.2, 0.25) is 4.77 Å². The van der Waals surface area contributed by atoms with Crippen LogP contribution in [0.1, 0.15) is 23.6 Å². The molecule has 7 heteroatoms. The molecule has 0 aliphatic heterocycles. The van der Waals surface area contributed by atoms with Crippen LogP contribution in [-0.2, 0) is 13.2 Å². The van der Waals surface area contributed by atoms with Crippen LogP contribution < -0.4 is 14.9 Å². The summed E-state index contributed by atoms with van der Waals surface area (Å²) < 4.78 is 14.2. The number of hydrogen-bond donors (Lipinski definition) is 2. The number of nitrogens with zero attached hydrogens (tertiary/aromatic N) is 2.